The number of hydrogen-bond donors (Lipinski definition) is 2. The Balaban J connectivity index is 1.65. The second-order valence-electron chi connectivity index (χ2n) is 4.64. The quantitative estimate of drug-likeness (QED) is 0.774. The Kier molecular flexibility index (Phi) is 2.47. The van der Waals surface area contributed by atoms with E-state index < -0.39 is 0 Å². The van der Waals surface area contributed by atoms with E-state index in [0.717, 1.165) is 25.7 Å². The molecule has 1 heterocycles. The molecular formula is C13H18N2. The van der Waals surface area contributed by atoms with Crippen LogP contribution in [-0.2, 0) is 19.5 Å². The van der Waals surface area contributed by atoms with Gasteiger partial charge in [0.15, 0.2) is 0 Å². The molecule has 2 N–H and O–H groups in total. The number of fused-ring (bicyclic) bond motifs is 1. The van der Waals surface area contributed by atoms with Gasteiger partial charge in [0.05, 0.1) is 0 Å². The van der Waals surface area contributed by atoms with E-state index in [1.807, 2.05) is 0 Å². The monoisotopic (exact) mass is 202 g/mol. The van der Waals surface area contributed by atoms with E-state index in [4.69, 9.17) is 0 Å². The molecule has 1 aliphatic heterocycles. The fourth-order valence-electron chi connectivity index (χ4n) is 2.34. The van der Waals surface area contributed by atoms with E-state index in [-0.39, 0.29) is 0 Å². The SMILES string of the molecule is c1cc(CCNC2CC2)c2c(c1)CNC2. The smallest absolute Gasteiger partial charge is 0.0214 e. The van der Waals surface area contributed by atoms with Crippen LogP contribution in [0.4, 0.5) is 0 Å². The molecule has 2 nitrogen and oxygen atoms in total. The first-order valence-corrected chi connectivity index (χ1v) is 5.97. The zero-order valence-electron chi connectivity index (χ0n) is 9.05. The average Bonchev–Trinajstić information content (AvgIpc) is 2.95. The number of nitrogens with one attached hydrogen (secondary N) is 2. The minimum absolute atomic E-state index is 0.833. The predicted molar refractivity (Wildman–Crippen MR) is 61.7 cm³/mol. The zero-order valence-corrected chi connectivity index (χ0v) is 9.05. The van der Waals surface area contributed by atoms with Gasteiger partial charge in [0, 0.05) is 19.1 Å². The van der Waals surface area contributed by atoms with Crippen molar-refractivity contribution in [1.82, 2.24) is 10.6 Å². The van der Waals surface area contributed by atoms with Crippen molar-refractivity contribution in [2.45, 2.75) is 38.4 Å². The van der Waals surface area contributed by atoms with Crippen molar-refractivity contribution < 1.29 is 0 Å². The summed E-state index contributed by atoms with van der Waals surface area (Å²) in [5.74, 6) is 0. The number of benzene rings is 1. The van der Waals surface area contributed by atoms with E-state index >= 15 is 0 Å². The molecule has 2 aliphatic rings. The van der Waals surface area contributed by atoms with E-state index in [2.05, 4.69) is 28.8 Å². The van der Waals surface area contributed by atoms with Gasteiger partial charge in [-0.15, -0.1) is 0 Å². The van der Waals surface area contributed by atoms with Crippen molar-refractivity contribution in [3.63, 3.8) is 0 Å². The molecule has 0 unspecified atom stereocenters. The molecule has 0 radical (unpaired) electrons. The summed E-state index contributed by atoms with van der Waals surface area (Å²) in [6, 6.07) is 7.55. The van der Waals surface area contributed by atoms with Crippen LogP contribution in [0.5, 0.6) is 0 Å². The maximum absolute atomic E-state index is 3.58. The molecule has 1 fully saturated rings. The maximum atomic E-state index is 3.58. The van der Waals surface area contributed by atoms with Gasteiger partial charge in [-0.1, -0.05) is 18.2 Å². The van der Waals surface area contributed by atoms with Crippen molar-refractivity contribution in [3.8, 4) is 0 Å². The van der Waals surface area contributed by atoms with Crippen LogP contribution in [0.15, 0.2) is 18.2 Å². The van der Waals surface area contributed by atoms with Crippen LogP contribution in [0, 0.1) is 0 Å². The standard InChI is InChI=1S/C13H18N2/c1-2-10(6-7-15-12-4-5-12)13-9-14-8-11(13)3-1/h1-3,12,14-15H,4-9H2. The average molecular weight is 202 g/mol. The van der Waals surface area contributed by atoms with Gasteiger partial charge < -0.3 is 10.6 Å². The summed E-state index contributed by atoms with van der Waals surface area (Å²) in [7, 11) is 0. The summed E-state index contributed by atoms with van der Waals surface area (Å²) in [6.45, 7) is 3.26. The lowest BCUT2D eigenvalue weighted by atomic mass is 10.0. The molecule has 0 atom stereocenters. The maximum Gasteiger partial charge on any atom is 0.0214 e. The fraction of sp³-hybridized carbons (Fsp3) is 0.538. The van der Waals surface area contributed by atoms with Gasteiger partial charge >= 0.3 is 0 Å². The summed E-state index contributed by atoms with van der Waals surface area (Å²) in [5, 5.41) is 7.00. The highest BCUT2D eigenvalue weighted by Crippen LogP contribution is 2.21. The lowest BCUT2D eigenvalue weighted by Gasteiger charge is -2.08. The predicted octanol–water partition coefficient (Wildman–Crippen LogP) is 1.58. The van der Waals surface area contributed by atoms with Crippen LogP contribution < -0.4 is 10.6 Å². The molecule has 0 saturated heterocycles. The molecule has 1 aliphatic carbocycles. The van der Waals surface area contributed by atoms with Crippen molar-refractivity contribution in [3.05, 3.63) is 34.9 Å². The van der Waals surface area contributed by atoms with Gasteiger partial charge in [0.25, 0.3) is 0 Å². The third-order valence-electron chi connectivity index (χ3n) is 3.39. The van der Waals surface area contributed by atoms with Crippen LogP contribution in [0.25, 0.3) is 0 Å². The van der Waals surface area contributed by atoms with Crippen LogP contribution in [0.2, 0.25) is 0 Å². The highest BCUT2D eigenvalue weighted by atomic mass is 14.9. The Morgan fingerprint density at radius 2 is 2.20 bits per heavy atom. The second-order valence-corrected chi connectivity index (χ2v) is 4.64. The molecule has 1 aromatic rings. The molecule has 1 aromatic carbocycles. The topological polar surface area (TPSA) is 24.1 Å². The first-order valence-electron chi connectivity index (χ1n) is 5.97. The molecule has 0 amide bonds. The first kappa shape index (κ1) is 9.37. The van der Waals surface area contributed by atoms with E-state index in [1.165, 1.54) is 30.4 Å². The normalized spacial score (nSPS) is 19.2. The van der Waals surface area contributed by atoms with Crippen molar-refractivity contribution in [2.24, 2.45) is 0 Å². The Hall–Kier alpha value is -0.860. The largest absolute Gasteiger partial charge is 0.314 e. The van der Waals surface area contributed by atoms with Gasteiger partial charge in [-0.3, -0.25) is 0 Å². The number of hydrogen-bond acceptors (Lipinski definition) is 2. The summed E-state index contributed by atoms with van der Waals surface area (Å²) in [6.07, 6.45) is 3.95. The Morgan fingerprint density at radius 3 is 3.07 bits per heavy atom. The van der Waals surface area contributed by atoms with Crippen LogP contribution >= 0.6 is 0 Å². The highest BCUT2D eigenvalue weighted by Gasteiger charge is 2.20. The van der Waals surface area contributed by atoms with Gasteiger partial charge in [-0.05, 0) is 42.5 Å². The first-order chi connectivity index (χ1) is 7.43. The summed E-state index contributed by atoms with van der Waals surface area (Å²) < 4.78 is 0. The summed E-state index contributed by atoms with van der Waals surface area (Å²) in [5.41, 5.74) is 4.58. The minimum Gasteiger partial charge on any atom is -0.314 e. The zero-order chi connectivity index (χ0) is 10.1. The van der Waals surface area contributed by atoms with Crippen molar-refractivity contribution >= 4 is 0 Å². The molecule has 2 heteroatoms. The minimum atomic E-state index is 0.833. The van der Waals surface area contributed by atoms with E-state index in [9.17, 15) is 0 Å². The lowest BCUT2D eigenvalue weighted by molar-refractivity contribution is 0.678. The van der Waals surface area contributed by atoms with Crippen LogP contribution in [-0.4, -0.2) is 12.6 Å². The van der Waals surface area contributed by atoms with Gasteiger partial charge in [0.1, 0.15) is 0 Å². The summed E-state index contributed by atoms with van der Waals surface area (Å²) >= 11 is 0. The van der Waals surface area contributed by atoms with E-state index in [1.54, 1.807) is 5.56 Å². The molecule has 1 saturated carbocycles. The lowest BCUT2D eigenvalue weighted by Crippen LogP contribution is -2.19. The molecule has 0 spiro atoms. The summed E-state index contributed by atoms with van der Waals surface area (Å²) in [4.78, 5) is 0. The van der Waals surface area contributed by atoms with Crippen molar-refractivity contribution in [1.29, 1.82) is 0 Å². The van der Waals surface area contributed by atoms with E-state index in [0.29, 0.717) is 0 Å². The Labute approximate surface area is 91.1 Å². The highest BCUT2D eigenvalue weighted by molar-refractivity contribution is 5.37. The fourth-order valence-corrected chi connectivity index (χ4v) is 2.34. The van der Waals surface area contributed by atoms with Crippen LogP contribution in [0.1, 0.15) is 29.5 Å². The molecule has 15 heavy (non-hydrogen) atoms. The molecule has 80 valence electrons. The molecule has 0 aromatic heterocycles. The van der Waals surface area contributed by atoms with Gasteiger partial charge in [0.2, 0.25) is 0 Å². The van der Waals surface area contributed by atoms with Crippen molar-refractivity contribution in [2.75, 3.05) is 6.54 Å². The third-order valence-corrected chi connectivity index (χ3v) is 3.39. The Bertz CT molecular complexity index is 356. The van der Waals surface area contributed by atoms with Gasteiger partial charge in [-0.2, -0.15) is 0 Å². The van der Waals surface area contributed by atoms with Gasteiger partial charge in [-0.25, -0.2) is 0 Å². The second kappa shape index (κ2) is 3.95. The third kappa shape index (κ3) is 2.06. The molecule has 3 rings (SSSR count). The van der Waals surface area contributed by atoms with Crippen LogP contribution in [0.3, 0.4) is 0 Å². The Morgan fingerprint density at radius 1 is 1.27 bits per heavy atom. The number of rotatable bonds is 4. The molecular weight excluding hydrogens is 184 g/mol. The molecule has 0 bridgehead atoms.